The molecule has 0 aliphatic heterocycles. The van der Waals surface area contributed by atoms with Crippen LogP contribution in [0.3, 0.4) is 0 Å². The van der Waals surface area contributed by atoms with Crippen LogP contribution in [0.5, 0.6) is 0 Å². The fraction of sp³-hybridized carbons (Fsp3) is 0.767. The summed E-state index contributed by atoms with van der Waals surface area (Å²) in [6.45, 7) is 3.24. The van der Waals surface area contributed by atoms with E-state index in [-0.39, 0.29) is 18.8 Å². The second kappa shape index (κ2) is 23.0. The van der Waals surface area contributed by atoms with Crippen LogP contribution in [0.25, 0.3) is 0 Å². The largest absolute Gasteiger partial charge is 0.394 e. The number of benzene rings is 1. The quantitative estimate of drug-likeness (QED) is 0.148. The summed E-state index contributed by atoms with van der Waals surface area (Å²) < 4.78 is 24.8. The number of aliphatic hydroxyl groups is 1. The molecule has 0 saturated heterocycles. The van der Waals surface area contributed by atoms with E-state index in [1.54, 1.807) is 6.07 Å². The summed E-state index contributed by atoms with van der Waals surface area (Å²) in [6.07, 6.45) is 22.5. The van der Waals surface area contributed by atoms with Crippen LogP contribution in [0, 0.1) is 17.1 Å². The summed E-state index contributed by atoms with van der Waals surface area (Å²) in [5.74, 6) is -0.460. The van der Waals surface area contributed by atoms with Crippen LogP contribution in [0.1, 0.15) is 127 Å². The van der Waals surface area contributed by atoms with Gasteiger partial charge in [-0.05, 0) is 30.2 Å². The minimum atomic E-state index is -0.460. The fourth-order valence-corrected chi connectivity index (χ4v) is 4.31. The summed E-state index contributed by atoms with van der Waals surface area (Å²) >= 11 is 0. The number of hydrogen-bond acceptors (Lipinski definition) is 4. The van der Waals surface area contributed by atoms with Crippen LogP contribution >= 0.6 is 0 Å². The molecule has 0 amide bonds. The minimum Gasteiger partial charge on any atom is -0.394 e. The number of hydrogen-bond donors (Lipinski definition) is 1. The molecule has 0 aliphatic carbocycles. The Labute approximate surface area is 214 Å². The molecule has 1 atom stereocenters. The highest BCUT2D eigenvalue weighted by atomic mass is 19.1. The number of ether oxygens (including phenoxy) is 2. The van der Waals surface area contributed by atoms with E-state index in [0.717, 1.165) is 6.42 Å². The zero-order valence-corrected chi connectivity index (χ0v) is 22.2. The van der Waals surface area contributed by atoms with E-state index in [4.69, 9.17) is 14.7 Å². The minimum absolute atomic E-state index is 0.139. The molecule has 200 valence electrons. The molecule has 0 fully saturated rings. The number of aliphatic hydroxyl groups excluding tert-OH is 1. The van der Waals surface area contributed by atoms with Crippen molar-refractivity contribution < 1.29 is 19.0 Å². The van der Waals surface area contributed by atoms with Gasteiger partial charge in [-0.1, -0.05) is 110 Å². The molecule has 1 aromatic carbocycles. The van der Waals surface area contributed by atoms with Gasteiger partial charge >= 0.3 is 0 Å². The van der Waals surface area contributed by atoms with Gasteiger partial charge in [-0.3, -0.25) is 0 Å². The van der Waals surface area contributed by atoms with Crippen molar-refractivity contribution in [1.82, 2.24) is 0 Å². The van der Waals surface area contributed by atoms with Crippen molar-refractivity contribution in [2.24, 2.45) is 0 Å². The Morgan fingerprint density at radius 3 is 1.80 bits per heavy atom. The van der Waals surface area contributed by atoms with E-state index in [1.807, 2.05) is 6.07 Å². The molecule has 0 saturated carbocycles. The van der Waals surface area contributed by atoms with Crippen LogP contribution in [0.2, 0.25) is 0 Å². The predicted molar refractivity (Wildman–Crippen MR) is 142 cm³/mol. The van der Waals surface area contributed by atoms with Crippen LogP contribution in [-0.2, 0) is 16.1 Å². The normalized spacial score (nSPS) is 12.1. The van der Waals surface area contributed by atoms with Gasteiger partial charge in [0.15, 0.2) is 0 Å². The summed E-state index contributed by atoms with van der Waals surface area (Å²) in [4.78, 5) is 0. The Kier molecular flexibility index (Phi) is 20.7. The second-order valence-electron chi connectivity index (χ2n) is 9.81. The molecule has 0 unspecified atom stereocenters. The van der Waals surface area contributed by atoms with Crippen molar-refractivity contribution >= 4 is 0 Å². The van der Waals surface area contributed by atoms with Gasteiger partial charge in [-0.25, -0.2) is 4.39 Å². The molecule has 1 N–H and O–H groups in total. The van der Waals surface area contributed by atoms with Crippen LogP contribution < -0.4 is 0 Å². The van der Waals surface area contributed by atoms with E-state index < -0.39 is 11.9 Å². The molecule has 5 heteroatoms. The first-order chi connectivity index (χ1) is 17.2. The van der Waals surface area contributed by atoms with Crippen LogP contribution in [0.15, 0.2) is 18.2 Å². The Bertz CT molecular complexity index is 661. The van der Waals surface area contributed by atoms with E-state index in [2.05, 4.69) is 6.92 Å². The molecule has 0 aromatic heterocycles. The van der Waals surface area contributed by atoms with E-state index in [9.17, 15) is 9.50 Å². The van der Waals surface area contributed by atoms with E-state index in [0.29, 0.717) is 18.8 Å². The Balaban J connectivity index is 1.87. The highest BCUT2D eigenvalue weighted by Gasteiger charge is 2.09. The third-order valence-corrected chi connectivity index (χ3v) is 6.47. The summed E-state index contributed by atoms with van der Waals surface area (Å²) in [5.41, 5.74) is 0.840. The third-order valence-electron chi connectivity index (χ3n) is 6.47. The summed E-state index contributed by atoms with van der Waals surface area (Å²) in [5, 5.41) is 18.4. The van der Waals surface area contributed by atoms with Crippen molar-refractivity contribution in [2.75, 3.05) is 19.8 Å². The monoisotopic (exact) mass is 491 g/mol. The van der Waals surface area contributed by atoms with Crippen LogP contribution in [-0.4, -0.2) is 31.0 Å². The maximum Gasteiger partial charge on any atom is 0.124 e. The molecule has 0 heterocycles. The molecule has 0 radical (unpaired) electrons. The fourth-order valence-electron chi connectivity index (χ4n) is 4.31. The lowest BCUT2D eigenvalue weighted by molar-refractivity contribution is -0.0503. The first-order valence-corrected chi connectivity index (χ1v) is 14.2. The average molecular weight is 492 g/mol. The van der Waals surface area contributed by atoms with Crippen molar-refractivity contribution in [3.8, 4) is 6.07 Å². The van der Waals surface area contributed by atoms with Gasteiger partial charge < -0.3 is 14.6 Å². The standard InChI is InChI=1S/C30H50FNO3/c1-2-3-4-5-6-7-8-9-10-11-12-13-14-15-16-17-18-19-34-26-30(24-33)35-25-28-20-27(23-32)21-29(31)22-28/h20-22,30,33H,2-19,24-26H2,1H3/t30-/m0/s1. The molecule has 1 aromatic rings. The molecule has 0 bridgehead atoms. The first-order valence-electron chi connectivity index (χ1n) is 14.2. The van der Waals surface area contributed by atoms with Crippen molar-refractivity contribution in [2.45, 2.75) is 129 Å². The molecule has 0 spiro atoms. The second-order valence-corrected chi connectivity index (χ2v) is 9.81. The first kappa shape index (κ1) is 31.5. The van der Waals surface area contributed by atoms with Gasteiger partial charge in [0.05, 0.1) is 31.5 Å². The predicted octanol–water partition coefficient (Wildman–Crippen LogP) is 8.24. The highest BCUT2D eigenvalue weighted by Crippen LogP contribution is 2.14. The van der Waals surface area contributed by atoms with Gasteiger partial charge in [0.2, 0.25) is 0 Å². The lowest BCUT2D eigenvalue weighted by Crippen LogP contribution is -2.24. The van der Waals surface area contributed by atoms with E-state index >= 15 is 0 Å². The Morgan fingerprint density at radius 1 is 0.800 bits per heavy atom. The summed E-state index contributed by atoms with van der Waals surface area (Å²) in [6, 6.07) is 6.05. The summed E-state index contributed by atoms with van der Waals surface area (Å²) in [7, 11) is 0. The zero-order chi connectivity index (χ0) is 25.4. The maximum atomic E-state index is 13.5. The van der Waals surface area contributed by atoms with Gasteiger partial charge in [0, 0.05) is 6.61 Å². The number of unbranched alkanes of at least 4 members (excludes halogenated alkanes) is 16. The van der Waals surface area contributed by atoms with Crippen LogP contribution in [0.4, 0.5) is 4.39 Å². The molecule has 35 heavy (non-hydrogen) atoms. The van der Waals surface area contributed by atoms with Crippen molar-refractivity contribution in [3.63, 3.8) is 0 Å². The Hall–Kier alpha value is -1.48. The smallest absolute Gasteiger partial charge is 0.124 e. The maximum absolute atomic E-state index is 13.5. The Morgan fingerprint density at radius 2 is 1.31 bits per heavy atom. The van der Waals surface area contributed by atoms with Gasteiger partial charge in [-0.2, -0.15) is 5.26 Å². The average Bonchev–Trinajstić information content (AvgIpc) is 2.86. The lowest BCUT2D eigenvalue weighted by atomic mass is 10.0. The van der Waals surface area contributed by atoms with Crippen molar-refractivity contribution in [1.29, 1.82) is 5.26 Å². The number of halogens is 1. The highest BCUT2D eigenvalue weighted by molar-refractivity contribution is 5.33. The lowest BCUT2D eigenvalue weighted by Gasteiger charge is -2.16. The molecular weight excluding hydrogens is 441 g/mol. The van der Waals surface area contributed by atoms with Gasteiger partial charge in [-0.15, -0.1) is 0 Å². The molecule has 1 rings (SSSR count). The third kappa shape index (κ3) is 18.4. The van der Waals surface area contributed by atoms with Gasteiger partial charge in [0.1, 0.15) is 11.9 Å². The zero-order valence-electron chi connectivity index (χ0n) is 22.2. The molecular formula is C30H50FNO3. The molecule has 4 nitrogen and oxygen atoms in total. The SMILES string of the molecule is CCCCCCCCCCCCCCCCCCCOC[C@H](CO)OCc1cc(F)cc(C#N)c1. The number of rotatable bonds is 24. The van der Waals surface area contributed by atoms with E-state index in [1.165, 1.54) is 115 Å². The van der Waals surface area contributed by atoms with Gasteiger partial charge in [0.25, 0.3) is 0 Å². The molecule has 0 aliphatic rings. The van der Waals surface area contributed by atoms with Crippen molar-refractivity contribution in [3.05, 3.63) is 35.1 Å². The number of nitriles is 1. The number of nitrogens with zero attached hydrogens (tertiary/aromatic N) is 1. The topological polar surface area (TPSA) is 62.5 Å².